The molecule has 6 atom stereocenters. The quantitative estimate of drug-likeness (QED) is 0.374. The van der Waals surface area contributed by atoms with E-state index in [0.717, 1.165) is 47.3 Å². The van der Waals surface area contributed by atoms with E-state index in [9.17, 15) is 0 Å². The molecule has 0 aliphatic heterocycles. The molecule has 6 unspecified atom stereocenters. The number of hydrogen-bond acceptors (Lipinski definition) is 0. The van der Waals surface area contributed by atoms with Gasteiger partial charge in [0.1, 0.15) is 0 Å². The Labute approximate surface area is 202 Å². The number of allylic oxidation sites excluding steroid dienone is 4. The van der Waals surface area contributed by atoms with Crippen LogP contribution in [-0.4, -0.2) is 0 Å². The fourth-order valence-electron chi connectivity index (χ4n) is 6.52. The Morgan fingerprint density at radius 2 is 1.44 bits per heavy atom. The lowest BCUT2D eigenvalue weighted by molar-refractivity contribution is 0.271. The molecule has 0 heteroatoms. The van der Waals surface area contributed by atoms with Gasteiger partial charge < -0.3 is 0 Å². The van der Waals surface area contributed by atoms with Crippen LogP contribution in [-0.2, 0) is 0 Å². The van der Waals surface area contributed by atoms with Crippen LogP contribution in [0.2, 0.25) is 0 Å². The molecule has 32 heavy (non-hydrogen) atoms. The van der Waals surface area contributed by atoms with Crippen LogP contribution in [0.1, 0.15) is 114 Å². The molecule has 3 saturated carbocycles. The highest BCUT2D eigenvalue weighted by atomic mass is 14.5. The zero-order chi connectivity index (χ0) is 24.2. The number of fused-ring (bicyclic) bond motifs is 2. The molecule has 0 aromatic heterocycles. The molecule has 0 aromatic carbocycles. The molecular weight excluding hydrogens is 384 g/mol. The van der Waals surface area contributed by atoms with E-state index in [1.807, 2.05) is 0 Å². The minimum atomic E-state index is 0.475. The summed E-state index contributed by atoms with van der Waals surface area (Å²) < 4.78 is 0. The van der Waals surface area contributed by atoms with Crippen LogP contribution in [0.5, 0.6) is 0 Å². The van der Waals surface area contributed by atoms with Crippen LogP contribution in [0.25, 0.3) is 0 Å². The van der Waals surface area contributed by atoms with Crippen molar-refractivity contribution >= 4 is 0 Å². The van der Waals surface area contributed by atoms with Crippen molar-refractivity contribution in [3.63, 3.8) is 0 Å². The molecule has 0 N–H and O–H groups in total. The molecule has 4 aliphatic rings. The Morgan fingerprint density at radius 3 is 1.84 bits per heavy atom. The van der Waals surface area contributed by atoms with Crippen LogP contribution in [0.3, 0.4) is 0 Å². The van der Waals surface area contributed by atoms with E-state index in [0.29, 0.717) is 5.41 Å². The summed E-state index contributed by atoms with van der Waals surface area (Å²) in [5.41, 5.74) is 5.08. The molecule has 3 fully saturated rings. The second kappa shape index (κ2) is 11.6. The van der Waals surface area contributed by atoms with E-state index in [1.165, 1.54) is 62.5 Å². The lowest BCUT2D eigenvalue weighted by atomic mass is 9.73. The zero-order valence-corrected chi connectivity index (χ0v) is 23.3. The standard InChI is InChI=1S/2C11H20.C10H16/c2*1-8(2)11-6-5-9(3)10(4)7-11;1-7-8-4-5-9(6-8)10(7,2)3/h5,8,10-11H,6-7H2,1-4H3;8,10-11H,3,5-7H2,1-2,4H3;8-9H,1,4-6H2,2-3H3. The van der Waals surface area contributed by atoms with Crippen molar-refractivity contribution < 1.29 is 0 Å². The van der Waals surface area contributed by atoms with E-state index in [4.69, 9.17) is 0 Å². The van der Waals surface area contributed by atoms with Crippen LogP contribution in [0.4, 0.5) is 0 Å². The summed E-state index contributed by atoms with van der Waals surface area (Å²) in [5, 5.41) is 0. The van der Waals surface area contributed by atoms with Gasteiger partial charge in [-0.25, -0.2) is 0 Å². The van der Waals surface area contributed by atoms with Crippen LogP contribution in [0, 0.1) is 52.8 Å². The Kier molecular flexibility index (Phi) is 9.93. The van der Waals surface area contributed by atoms with E-state index in [2.05, 4.69) is 81.5 Å². The topological polar surface area (TPSA) is 0 Å². The van der Waals surface area contributed by atoms with Crippen molar-refractivity contribution in [3.05, 3.63) is 36.0 Å². The highest BCUT2D eigenvalue weighted by Gasteiger charge is 2.47. The van der Waals surface area contributed by atoms with Crippen molar-refractivity contribution in [2.75, 3.05) is 0 Å². The molecular formula is C32H56. The van der Waals surface area contributed by atoms with Crippen molar-refractivity contribution in [3.8, 4) is 0 Å². The monoisotopic (exact) mass is 440 g/mol. The SMILES string of the molecule is C=C1C2CCC(C2)C1(C)C.C=C1CCC(C(C)C)CC1C.CC1=CCC(C(C)C)CC1C. The second-order valence-electron chi connectivity index (χ2n) is 13.1. The van der Waals surface area contributed by atoms with Crippen molar-refractivity contribution in [2.24, 2.45) is 52.8 Å². The van der Waals surface area contributed by atoms with E-state index >= 15 is 0 Å². The molecule has 2 bridgehead atoms. The summed E-state index contributed by atoms with van der Waals surface area (Å²) in [6, 6.07) is 0. The fraction of sp³-hybridized carbons (Fsp3) is 0.812. The fourth-order valence-corrected chi connectivity index (χ4v) is 6.52. The first kappa shape index (κ1) is 27.5. The van der Waals surface area contributed by atoms with Gasteiger partial charge in [-0.15, -0.1) is 0 Å². The third-order valence-electron chi connectivity index (χ3n) is 10.0. The Balaban J connectivity index is 0.000000170. The molecule has 0 radical (unpaired) electrons. The highest BCUT2D eigenvalue weighted by Crippen LogP contribution is 2.58. The van der Waals surface area contributed by atoms with Gasteiger partial charge in [0, 0.05) is 0 Å². The first-order valence-corrected chi connectivity index (χ1v) is 13.9. The lowest BCUT2D eigenvalue weighted by Gasteiger charge is -2.31. The van der Waals surface area contributed by atoms with Crippen LogP contribution < -0.4 is 0 Å². The maximum absolute atomic E-state index is 4.19. The molecule has 0 nitrogen and oxygen atoms in total. The smallest absolute Gasteiger partial charge is 0.0116 e. The molecule has 4 rings (SSSR count). The summed E-state index contributed by atoms with van der Waals surface area (Å²) in [7, 11) is 0. The van der Waals surface area contributed by atoms with Gasteiger partial charge >= 0.3 is 0 Å². The first-order chi connectivity index (χ1) is 14.8. The molecule has 0 spiro atoms. The molecule has 184 valence electrons. The molecule has 4 aliphatic carbocycles. The predicted octanol–water partition coefficient (Wildman–Crippen LogP) is 10.3. The maximum atomic E-state index is 4.19. The summed E-state index contributed by atoms with van der Waals surface area (Å²) in [6.07, 6.45) is 13.5. The van der Waals surface area contributed by atoms with Gasteiger partial charge in [-0.1, -0.05) is 91.3 Å². The first-order valence-electron chi connectivity index (χ1n) is 13.9. The second-order valence-corrected chi connectivity index (χ2v) is 13.1. The van der Waals surface area contributed by atoms with Gasteiger partial charge in [0.2, 0.25) is 0 Å². The maximum Gasteiger partial charge on any atom is -0.0116 e. The van der Waals surface area contributed by atoms with Crippen LogP contribution >= 0.6 is 0 Å². The van der Waals surface area contributed by atoms with Gasteiger partial charge in [0.15, 0.2) is 0 Å². The molecule has 0 aromatic rings. The largest absolute Gasteiger partial charge is 0.0996 e. The summed E-state index contributed by atoms with van der Waals surface area (Å²) in [5.74, 6) is 7.08. The van der Waals surface area contributed by atoms with Gasteiger partial charge in [-0.3, -0.25) is 0 Å². The average Bonchev–Trinajstić information content (AvgIpc) is 3.29. The predicted molar refractivity (Wildman–Crippen MR) is 145 cm³/mol. The summed E-state index contributed by atoms with van der Waals surface area (Å²) >= 11 is 0. The Bertz CT molecular complexity index is 658. The molecule has 0 saturated heterocycles. The molecule has 0 amide bonds. The molecule has 0 heterocycles. The summed E-state index contributed by atoms with van der Waals surface area (Å²) in [6.45, 7) is 29.3. The minimum Gasteiger partial charge on any atom is -0.0996 e. The van der Waals surface area contributed by atoms with Gasteiger partial charge in [-0.2, -0.15) is 0 Å². The van der Waals surface area contributed by atoms with Gasteiger partial charge in [0.05, 0.1) is 0 Å². The van der Waals surface area contributed by atoms with Gasteiger partial charge in [0.25, 0.3) is 0 Å². The van der Waals surface area contributed by atoms with Crippen molar-refractivity contribution in [2.45, 2.75) is 114 Å². The average molecular weight is 441 g/mol. The Hall–Kier alpha value is -0.780. The normalized spacial score (nSPS) is 35.8. The van der Waals surface area contributed by atoms with Crippen molar-refractivity contribution in [1.82, 2.24) is 0 Å². The third kappa shape index (κ3) is 6.87. The zero-order valence-electron chi connectivity index (χ0n) is 23.3. The van der Waals surface area contributed by atoms with E-state index < -0.39 is 0 Å². The Morgan fingerprint density at radius 1 is 0.844 bits per heavy atom. The minimum absolute atomic E-state index is 0.475. The van der Waals surface area contributed by atoms with E-state index in [1.54, 1.807) is 5.57 Å². The number of rotatable bonds is 2. The van der Waals surface area contributed by atoms with Gasteiger partial charge in [-0.05, 0) is 111 Å². The van der Waals surface area contributed by atoms with Crippen molar-refractivity contribution in [1.29, 1.82) is 0 Å². The summed E-state index contributed by atoms with van der Waals surface area (Å²) in [4.78, 5) is 0. The number of hydrogen-bond donors (Lipinski definition) is 0. The third-order valence-corrected chi connectivity index (χ3v) is 10.0. The van der Waals surface area contributed by atoms with Crippen LogP contribution in [0.15, 0.2) is 36.0 Å². The van der Waals surface area contributed by atoms with E-state index in [-0.39, 0.29) is 0 Å². The highest BCUT2D eigenvalue weighted by molar-refractivity contribution is 5.22. The lowest BCUT2D eigenvalue weighted by Crippen LogP contribution is -2.21.